The first-order valence-corrected chi connectivity index (χ1v) is 6.97. The Morgan fingerprint density at radius 1 is 0.400 bits per heavy atom. The fourth-order valence-corrected chi connectivity index (χ4v) is 3.56. The molecule has 0 aromatic heterocycles. The summed E-state index contributed by atoms with van der Waals surface area (Å²) in [7, 11) is 0. The van der Waals surface area contributed by atoms with Crippen LogP contribution < -0.4 is 0 Å². The van der Waals surface area contributed by atoms with Gasteiger partial charge in [0.2, 0.25) is 0 Å². The average Bonchev–Trinajstić information content (AvgIpc) is 2.62. The Hall–Kier alpha value is -0.0400. The molecule has 0 spiro atoms. The van der Waals surface area contributed by atoms with Crippen molar-refractivity contribution in [2.75, 3.05) is 0 Å². The van der Waals surface area contributed by atoms with Crippen molar-refractivity contribution < 1.29 is 5.48 Å². The van der Waals surface area contributed by atoms with Gasteiger partial charge in [0.25, 0.3) is 0 Å². The molecule has 2 aliphatic rings. The predicted molar refractivity (Wildman–Crippen MR) is 66.0 cm³/mol. The Labute approximate surface area is 95.0 Å². The predicted octanol–water partition coefficient (Wildman–Crippen LogP) is 4.10. The molecule has 0 saturated heterocycles. The largest absolute Gasteiger partial charge is 0.412 e. The van der Waals surface area contributed by atoms with Crippen LogP contribution in [0.15, 0.2) is 0 Å². The summed E-state index contributed by atoms with van der Waals surface area (Å²) in [5.74, 6) is 2.24. The normalized spacial score (nSPS) is 26.4. The van der Waals surface area contributed by atoms with Crippen molar-refractivity contribution in [1.29, 1.82) is 0 Å². The zero-order valence-electron chi connectivity index (χ0n) is 10.1. The van der Waals surface area contributed by atoms with Crippen LogP contribution in [0.25, 0.3) is 0 Å². The highest BCUT2D eigenvalue weighted by Gasteiger charge is 2.23. The van der Waals surface area contributed by atoms with E-state index in [1.807, 2.05) is 0 Å². The Bertz CT molecular complexity index is 121. The van der Waals surface area contributed by atoms with Crippen LogP contribution >= 0.6 is 0 Å². The van der Waals surface area contributed by atoms with Gasteiger partial charge in [-0.05, 0) is 11.8 Å². The lowest BCUT2D eigenvalue weighted by Crippen LogP contribution is -2.13. The highest BCUT2D eigenvalue weighted by molar-refractivity contribution is 4.75. The monoisotopic (exact) mass is 212 g/mol. The van der Waals surface area contributed by atoms with Gasteiger partial charge in [0, 0.05) is 0 Å². The summed E-state index contributed by atoms with van der Waals surface area (Å²) >= 11 is 0. The van der Waals surface area contributed by atoms with Crippen LogP contribution in [0.5, 0.6) is 0 Å². The maximum absolute atomic E-state index is 1.56. The van der Waals surface area contributed by atoms with Crippen LogP contribution in [-0.4, -0.2) is 5.48 Å². The minimum atomic E-state index is 0. The molecule has 0 bridgehead atoms. The Morgan fingerprint density at radius 2 is 0.667 bits per heavy atom. The third kappa shape index (κ3) is 4.14. The van der Waals surface area contributed by atoms with E-state index < -0.39 is 0 Å². The average molecular weight is 212 g/mol. The van der Waals surface area contributed by atoms with E-state index in [1.165, 1.54) is 51.4 Å². The summed E-state index contributed by atoms with van der Waals surface area (Å²) in [6, 6.07) is 0. The minimum Gasteiger partial charge on any atom is -0.412 e. The van der Waals surface area contributed by atoms with E-state index in [0.29, 0.717) is 0 Å². The van der Waals surface area contributed by atoms with Crippen molar-refractivity contribution in [3.8, 4) is 0 Å². The minimum absolute atomic E-state index is 0. The van der Waals surface area contributed by atoms with Gasteiger partial charge in [-0.25, -0.2) is 0 Å². The van der Waals surface area contributed by atoms with Gasteiger partial charge in [0.15, 0.2) is 0 Å². The molecule has 0 heterocycles. The van der Waals surface area contributed by atoms with Gasteiger partial charge in [-0.1, -0.05) is 77.0 Å². The lowest BCUT2D eigenvalue weighted by Gasteiger charge is -2.24. The lowest BCUT2D eigenvalue weighted by molar-refractivity contribution is 0.269. The van der Waals surface area contributed by atoms with E-state index in [2.05, 4.69) is 0 Å². The second-order valence-corrected chi connectivity index (χ2v) is 5.50. The summed E-state index contributed by atoms with van der Waals surface area (Å²) in [6.07, 6.45) is 18.4. The molecule has 2 aliphatic carbocycles. The Balaban J connectivity index is 0.00000112. The van der Waals surface area contributed by atoms with Gasteiger partial charge in [0.05, 0.1) is 0 Å². The smallest absolute Gasteiger partial charge is 0.0386 e. The first-order valence-electron chi connectivity index (χ1n) is 6.97. The van der Waals surface area contributed by atoms with E-state index in [0.717, 1.165) is 11.8 Å². The van der Waals surface area contributed by atoms with E-state index in [-0.39, 0.29) is 5.48 Å². The molecule has 1 heteroatoms. The van der Waals surface area contributed by atoms with Crippen molar-refractivity contribution in [2.24, 2.45) is 11.8 Å². The third-order valence-electron chi connectivity index (χ3n) is 4.47. The molecule has 0 unspecified atom stereocenters. The van der Waals surface area contributed by atoms with Gasteiger partial charge in [0.1, 0.15) is 0 Å². The summed E-state index contributed by atoms with van der Waals surface area (Å²) < 4.78 is 0. The molecule has 0 aromatic rings. The van der Waals surface area contributed by atoms with Crippen LogP contribution in [0.3, 0.4) is 0 Å². The Morgan fingerprint density at radius 3 is 0.933 bits per heavy atom. The van der Waals surface area contributed by atoms with Crippen LogP contribution in [0, 0.1) is 11.8 Å². The molecular weight excluding hydrogens is 184 g/mol. The highest BCUT2D eigenvalue weighted by Crippen LogP contribution is 2.36. The maximum atomic E-state index is 1.56. The number of rotatable bonds is 1. The second-order valence-electron chi connectivity index (χ2n) is 5.50. The van der Waals surface area contributed by atoms with Gasteiger partial charge >= 0.3 is 0 Å². The van der Waals surface area contributed by atoms with Crippen molar-refractivity contribution >= 4 is 0 Å². The standard InChI is InChI=1S/C14H26.H2O/c1-2-6-10-13(9-5-1)14-11-7-3-4-8-12-14;/h13-14H,1-12H2;1H2. The fourth-order valence-electron chi connectivity index (χ4n) is 3.56. The first-order chi connectivity index (χ1) is 6.97. The summed E-state index contributed by atoms with van der Waals surface area (Å²) in [5.41, 5.74) is 0. The topological polar surface area (TPSA) is 31.5 Å². The van der Waals surface area contributed by atoms with Gasteiger partial charge < -0.3 is 5.48 Å². The number of hydrogen-bond acceptors (Lipinski definition) is 0. The molecule has 0 atom stereocenters. The molecule has 15 heavy (non-hydrogen) atoms. The van der Waals surface area contributed by atoms with Crippen LogP contribution in [0.2, 0.25) is 0 Å². The van der Waals surface area contributed by atoms with E-state index in [1.54, 1.807) is 25.7 Å². The SMILES string of the molecule is C1CCCC(C2CCCCCC2)CC1.O. The van der Waals surface area contributed by atoms with Crippen LogP contribution in [-0.2, 0) is 0 Å². The fraction of sp³-hybridized carbons (Fsp3) is 1.00. The van der Waals surface area contributed by atoms with Crippen LogP contribution in [0.1, 0.15) is 77.0 Å². The summed E-state index contributed by atoms with van der Waals surface area (Å²) in [6.45, 7) is 0. The molecule has 2 rings (SSSR count). The molecule has 90 valence electrons. The third-order valence-corrected chi connectivity index (χ3v) is 4.47. The molecule has 0 aromatic carbocycles. The zero-order valence-corrected chi connectivity index (χ0v) is 10.1. The molecule has 2 fully saturated rings. The van der Waals surface area contributed by atoms with Crippen molar-refractivity contribution in [3.05, 3.63) is 0 Å². The van der Waals surface area contributed by atoms with Crippen molar-refractivity contribution in [1.82, 2.24) is 0 Å². The molecular formula is C14H28O. The van der Waals surface area contributed by atoms with Crippen molar-refractivity contribution in [2.45, 2.75) is 77.0 Å². The van der Waals surface area contributed by atoms with Crippen molar-refractivity contribution in [3.63, 3.8) is 0 Å². The molecule has 1 nitrogen and oxygen atoms in total. The lowest BCUT2D eigenvalue weighted by atomic mass is 9.81. The summed E-state index contributed by atoms with van der Waals surface area (Å²) in [5, 5.41) is 0. The van der Waals surface area contributed by atoms with E-state index in [4.69, 9.17) is 0 Å². The van der Waals surface area contributed by atoms with Gasteiger partial charge in [-0.2, -0.15) is 0 Å². The van der Waals surface area contributed by atoms with Gasteiger partial charge in [-0.15, -0.1) is 0 Å². The first kappa shape index (κ1) is 13.0. The Kier molecular flexibility index (Phi) is 6.31. The maximum Gasteiger partial charge on any atom is -0.0386 e. The molecule has 0 amide bonds. The second kappa shape index (κ2) is 7.27. The zero-order chi connectivity index (χ0) is 9.64. The van der Waals surface area contributed by atoms with Gasteiger partial charge in [-0.3, -0.25) is 0 Å². The molecule has 2 saturated carbocycles. The molecule has 0 aliphatic heterocycles. The van der Waals surface area contributed by atoms with E-state index in [9.17, 15) is 0 Å². The quantitative estimate of drug-likeness (QED) is 0.586. The molecule has 0 radical (unpaired) electrons. The number of hydrogen-bond donors (Lipinski definition) is 0. The summed E-state index contributed by atoms with van der Waals surface area (Å²) in [4.78, 5) is 0. The highest BCUT2D eigenvalue weighted by atomic mass is 16.0. The molecule has 2 N–H and O–H groups in total. The van der Waals surface area contributed by atoms with E-state index >= 15 is 0 Å². The van der Waals surface area contributed by atoms with Crippen LogP contribution in [0.4, 0.5) is 0 Å².